The minimum atomic E-state index is -0.0976. The zero-order valence-corrected chi connectivity index (χ0v) is 13.9. The van der Waals surface area contributed by atoms with E-state index in [0.29, 0.717) is 23.1 Å². The molecule has 0 amide bonds. The molecule has 0 aromatic carbocycles. The Hall–Kier alpha value is -2.18. The van der Waals surface area contributed by atoms with Crippen molar-refractivity contribution in [3.05, 3.63) is 63.4 Å². The molecule has 1 aliphatic heterocycles. The van der Waals surface area contributed by atoms with E-state index >= 15 is 0 Å². The van der Waals surface area contributed by atoms with Crippen molar-refractivity contribution in [2.45, 2.75) is 25.3 Å². The van der Waals surface area contributed by atoms with E-state index in [0.717, 1.165) is 31.6 Å². The predicted molar refractivity (Wildman–Crippen MR) is 92.3 cm³/mol. The molecular weight excluding hydrogens is 326 g/mol. The lowest BCUT2D eigenvalue weighted by Gasteiger charge is -2.31. The van der Waals surface area contributed by atoms with Crippen LogP contribution < -0.4 is 5.56 Å². The van der Waals surface area contributed by atoms with Crippen molar-refractivity contribution in [3.63, 3.8) is 0 Å². The molecule has 1 N–H and O–H groups in total. The van der Waals surface area contributed by atoms with Gasteiger partial charge in [0.05, 0.1) is 10.7 Å². The largest absolute Gasteiger partial charge is 0.297 e. The maximum Gasteiger partial charge on any atom is 0.258 e. The molecule has 1 atom stereocenters. The van der Waals surface area contributed by atoms with Gasteiger partial charge in [0, 0.05) is 43.2 Å². The molecule has 3 aromatic rings. The third kappa shape index (κ3) is 3.07. The van der Waals surface area contributed by atoms with Gasteiger partial charge >= 0.3 is 0 Å². The van der Waals surface area contributed by atoms with Crippen LogP contribution in [0.3, 0.4) is 0 Å². The van der Waals surface area contributed by atoms with Crippen molar-refractivity contribution in [1.29, 1.82) is 0 Å². The Morgan fingerprint density at radius 1 is 1.33 bits per heavy atom. The fourth-order valence-electron chi connectivity index (χ4n) is 3.38. The maximum atomic E-state index is 12.3. The van der Waals surface area contributed by atoms with Crippen LogP contribution in [0, 0.1) is 0 Å². The van der Waals surface area contributed by atoms with Crippen LogP contribution in [-0.2, 0) is 6.54 Å². The van der Waals surface area contributed by atoms with Crippen molar-refractivity contribution in [2.24, 2.45) is 0 Å². The zero-order chi connectivity index (χ0) is 16.5. The minimum absolute atomic E-state index is 0.0976. The molecule has 1 saturated heterocycles. The highest BCUT2D eigenvalue weighted by Gasteiger charge is 2.22. The third-order valence-corrected chi connectivity index (χ3v) is 4.75. The van der Waals surface area contributed by atoms with Gasteiger partial charge in [0.25, 0.3) is 5.56 Å². The summed E-state index contributed by atoms with van der Waals surface area (Å²) in [5.74, 6) is 0.460. The van der Waals surface area contributed by atoms with Crippen LogP contribution in [0.1, 0.15) is 30.1 Å². The van der Waals surface area contributed by atoms with Crippen molar-refractivity contribution in [3.8, 4) is 0 Å². The van der Waals surface area contributed by atoms with Gasteiger partial charge in [-0.3, -0.25) is 19.2 Å². The Bertz CT molecular complexity index is 905. The summed E-state index contributed by atoms with van der Waals surface area (Å²) in [7, 11) is 0. The number of hydrogen-bond donors (Lipinski definition) is 1. The Balaban J connectivity index is 1.55. The fraction of sp³-hybridized carbons (Fsp3) is 0.353. The number of hydrogen-bond acceptors (Lipinski definition) is 4. The number of pyridine rings is 1. The Labute approximate surface area is 144 Å². The highest BCUT2D eigenvalue weighted by atomic mass is 35.5. The quantitative estimate of drug-likeness (QED) is 0.793. The number of rotatable bonds is 3. The van der Waals surface area contributed by atoms with E-state index in [1.54, 1.807) is 30.6 Å². The molecule has 124 valence electrons. The number of likely N-dealkylation sites (tertiary alicyclic amines) is 1. The monoisotopic (exact) mass is 343 g/mol. The number of nitrogens with one attached hydrogen (secondary N) is 1. The van der Waals surface area contributed by atoms with Crippen molar-refractivity contribution in [1.82, 2.24) is 24.5 Å². The van der Waals surface area contributed by atoms with E-state index in [2.05, 4.69) is 20.1 Å². The molecule has 1 aliphatic rings. The van der Waals surface area contributed by atoms with E-state index in [-0.39, 0.29) is 5.56 Å². The van der Waals surface area contributed by atoms with E-state index in [1.165, 1.54) is 10.1 Å². The zero-order valence-electron chi connectivity index (χ0n) is 13.2. The first-order valence-corrected chi connectivity index (χ1v) is 8.46. The number of piperidine rings is 1. The summed E-state index contributed by atoms with van der Waals surface area (Å²) in [4.78, 5) is 19.2. The molecule has 1 fully saturated rings. The van der Waals surface area contributed by atoms with Crippen LogP contribution in [0.4, 0.5) is 0 Å². The molecule has 0 bridgehead atoms. The molecule has 0 spiro atoms. The Morgan fingerprint density at radius 3 is 3.08 bits per heavy atom. The van der Waals surface area contributed by atoms with Gasteiger partial charge in [0.1, 0.15) is 5.65 Å². The molecule has 0 saturated carbocycles. The summed E-state index contributed by atoms with van der Waals surface area (Å²) < 4.78 is 1.48. The number of halogens is 1. The van der Waals surface area contributed by atoms with Gasteiger partial charge < -0.3 is 0 Å². The number of aromatic amines is 1. The van der Waals surface area contributed by atoms with Gasteiger partial charge in [-0.2, -0.15) is 5.10 Å². The van der Waals surface area contributed by atoms with E-state index in [4.69, 9.17) is 11.6 Å². The summed E-state index contributed by atoms with van der Waals surface area (Å²) in [6, 6.07) is 7.17. The molecule has 0 radical (unpaired) electrons. The molecule has 24 heavy (non-hydrogen) atoms. The topological polar surface area (TPSA) is 66.3 Å². The third-order valence-electron chi connectivity index (χ3n) is 4.53. The second-order valence-corrected chi connectivity index (χ2v) is 6.68. The minimum Gasteiger partial charge on any atom is -0.297 e. The van der Waals surface area contributed by atoms with E-state index in [9.17, 15) is 4.79 Å². The second kappa shape index (κ2) is 6.37. The van der Waals surface area contributed by atoms with Crippen LogP contribution in [0.15, 0.2) is 41.5 Å². The Kier molecular flexibility index (Phi) is 4.08. The van der Waals surface area contributed by atoms with Crippen LogP contribution in [0.5, 0.6) is 0 Å². The second-order valence-electron chi connectivity index (χ2n) is 6.25. The smallest absolute Gasteiger partial charge is 0.258 e. The first kappa shape index (κ1) is 15.4. The summed E-state index contributed by atoms with van der Waals surface area (Å²) in [5.41, 5.74) is 2.51. The lowest BCUT2D eigenvalue weighted by Crippen LogP contribution is -2.34. The van der Waals surface area contributed by atoms with Gasteiger partial charge in [-0.25, -0.2) is 4.98 Å². The number of H-pyrrole nitrogens is 1. The molecule has 3 aromatic heterocycles. The van der Waals surface area contributed by atoms with E-state index < -0.39 is 0 Å². The average molecular weight is 344 g/mol. The number of nitrogens with zero attached hydrogens (tertiary/aromatic N) is 4. The van der Waals surface area contributed by atoms with Gasteiger partial charge in [0.15, 0.2) is 0 Å². The lowest BCUT2D eigenvalue weighted by atomic mass is 9.95. The lowest BCUT2D eigenvalue weighted by molar-refractivity contribution is 0.196. The molecule has 4 heterocycles. The van der Waals surface area contributed by atoms with Crippen LogP contribution in [-0.4, -0.2) is 37.6 Å². The van der Waals surface area contributed by atoms with E-state index in [1.807, 2.05) is 6.07 Å². The maximum absolute atomic E-state index is 12.3. The normalized spacial score (nSPS) is 19.0. The number of aromatic nitrogens is 4. The molecule has 0 unspecified atom stereocenters. The van der Waals surface area contributed by atoms with Crippen molar-refractivity contribution < 1.29 is 0 Å². The van der Waals surface area contributed by atoms with Gasteiger partial charge in [-0.05, 0) is 37.6 Å². The van der Waals surface area contributed by atoms with Gasteiger partial charge in [-0.1, -0.05) is 11.6 Å². The van der Waals surface area contributed by atoms with Crippen LogP contribution in [0.25, 0.3) is 5.65 Å². The number of fused-ring (bicyclic) bond motifs is 1. The Morgan fingerprint density at radius 2 is 2.25 bits per heavy atom. The van der Waals surface area contributed by atoms with Gasteiger partial charge in [-0.15, -0.1) is 0 Å². The molecular formula is C17H18ClN5O. The van der Waals surface area contributed by atoms with Crippen LogP contribution in [0.2, 0.25) is 5.02 Å². The summed E-state index contributed by atoms with van der Waals surface area (Å²) >= 11 is 5.95. The summed E-state index contributed by atoms with van der Waals surface area (Å²) in [5, 5.41) is 7.65. The van der Waals surface area contributed by atoms with Crippen LogP contribution >= 0.6 is 11.6 Å². The van der Waals surface area contributed by atoms with Crippen molar-refractivity contribution in [2.75, 3.05) is 13.1 Å². The molecule has 0 aliphatic carbocycles. The molecule has 4 rings (SSSR count). The predicted octanol–water partition coefficient (Wildman–Crippen LogP) is 2.45. The summed E-state index contributed by atoms with van der Waals surface area (Å²) in [6.45, 7) is 2.65. The first-order valence-electron chi connectivity index (χ1n) is 8.08. The highest BCUT2D eigenvalue weighted by Crippen LogP contribution is 2.25. The SMILES string of the molecule is O=c1cc(CN2CCC[C@H](c3ccn[nH]3)C2)nc2ccc(Cl)cn12. The summed E-state index contributed by atoms with van der Waals surface area (Å²) in [6.07, 6.45) is 5.69. The fourth-order valence-corrected chi connectivity index (χ4v) is 3.54. The van der Waals surface area contributed by atoms with Gasteiger partial charge in [0.2, 0.25) is 0 Å². The molecule has 7 heteroatoms. The standard InChI is InChI=1S/C17H18ClN5O/c18-13-3-4-16-20-14(8-17(24)23(16)10-13)11-22-7-1-2-12(9-22)15-5-6-19-21-15/h3-6,8,10,12H,1-2,7,9,11H2,(H,19,21)/t12-/m0/s1. The molecule has 6 nitrogen and oxygen atoms in total. The van der Waals surface area contributed by atoms with Crippen molar-refractivity contribution >= 4 is 17.2 Å². The first-order chi connectivity index (χ1) is 11.7. The average Bonchev–Trinajstić information content (AvgIpc) is 3.10. The highest BCUT2D eigenvalue weighted by molar-refractivity contribution is 6.30.